The van der Waals surface area contributed by atoms with Crippen LogP contribution in [0.1, 0.15) is 47.7 Å². The van der Waals surface area contributed by atoms with Gasteiger partial charge in [-0.2, -0.15) is 0 Å². The Balaban J connectivity index is 2.15. The second-order valence-electron chi connectivity index (χ2n) is 5.80. The van der Waals surface area contributed by atoms with Crippen LogP contribution in [-0.2, 0) is 9.84 Å². The topological polar surface area (TPSA) is 63.2 Å². The van der Waals surface area contributed by atoms with Crippen molar-refractivity contribution in [2.24, 2.45) is 0 Å². The molecule has 0 saturated carbocycles. The normalized spacial score (nSPS) is 21.1. The van der Waals surface area contributed by atoms with E-state index in [0.717, 1.165) is 11.1 Å². The maximum atomic E-state index is 12.3. The van der Waals surface area contributed by atoms with Gasteiger partial charge in [0.15, 0.2) is 9.84 Å². The van der Waals surface area contributed by atoms with Crippen molar-refractivity contribution >= 4 is 15.7 Å². The number of hydrogen-bond acceptors (Lipinski definition) is 3. The summed E-state index contributed by atoms with van der Waals surface area (Å²) in [4.78, 5) is 12.3. The van der Waals surface area contributed by atoms with Gasteiger partial charge in [-0.3, -0.25) is 4.79 Å². The molecule has 1 heterocycles. The van der Waals surface area contributed by atoms with Crippen LogP contribution in [0.25, 0.3) is 0 Å². The third-order valence-electron chi connectivity index (χ3n) is 3.74. The lowest BCUT2D eigenvalue weighted by molar-refractivity contribution is 0.0940. The fourth-order valence-corrected chi connectivity index (χ4v) is 4.09. The summed E-state index contributed by atoms with van der Waals surface area (Å²) < 4.78 is 22.8. The number of carbonyl (C=O) groups is 1. The molecule has 2 rings (SSSR count). The molecule has 1 fully saturated rings. The fourth-order valence-electron chi connectivity index (χ4n) is 2.42. The summed E-state index contributed by atoms with van der Waals surface area (Å²) in [5.41, 5.74) is 2.66. The Morgan fingerprint density at radius 3 is 2.60 bits per heavy atom. The number of rotatable bonds is 3. The number of aryl methyl sites for hydroxylation is 1. The van der Waals surface area contributed by atoms with Crippen molar-refractivity contribution in [3.8, 4) is 0 Å². The molecule has 1 N–H and O–H groups in total. The lowest BCUT2D eigenvalue weighted by Gasteiger charge is -2.14. The van der Waals surface area contributed by atoms with Gasteiger partial charge in [-0.1, -0.05) is 26.0 Å². The van der Waals surface area contributed by atoms with Crippen LogP contribution in [0.4, 0.5) is 0 Å². The lowest BCUT2D eigenvalue weighted by atomic mass is 9.97. The zero-order valence-corrected chi connectivity index (χ0v) is 13.0. The minimum atomic E-state index is -2.97. The summed E-state index contributed by atoms with van der Waals surface area (Å²) in [5.74, 6) is 0.408. The smallest absolute Gasteiger partial charge is 0.251 e. The van der Waals surface area contributed by atoms with Gasteiger partial charge >= 0.3 is 0 Å². The van der Waals surface area contributed by atoms with Crippen molar-refractivity contribution in [2.75, 3.05) is 11.5 Å². The van der Waals surface area contributed by atoms with Gasteiger partial charge in [0, 0.05) is 11.6 Å². The van der Waals surface area contributed by atoms with Crippen LogP contribution >= 0.6 is 0 Å². The minimum absolute atomic E-state index is 0.0572. The van der Waals surface area contributed by atoms with Crippen molar-refractivity contribution in [1.82, 2.24) is 5.32 Å². The molecule has 0 radical (unpaired) electrons. The first-order valence-electron chi connectivity index (χ1n) is 6.90. The summed E-state index contributed by atoms with van der Waals surface area (Å²) in [5, 5.41) is 2.84. The monoisotopic (exact) mass is 295 g/mol. The number of amides is 1. The number of nitrogens with one attached hydrogen (secondary N) is 1. The molecule has 110 valence electrons. The first-order valence-corrected chi connectivity index (χ1v) is 8.72. The highest BCUT2D eigenvalue weighted by atomic mass is 32.2. The molecule has 4 nitrogen and oxygen atoms in total. The fraction of sp³-hybridized carbons (Fsp3) is 0.533. The van der Waals surface area contributed by atoms with E-state index in [0.29, 0.717) is 17.9 Å². The van der Waals surface area contributed by atoms with Crippen molar-refractivity contribution in [3.63, 3.8) is 0 Å². The predicted molar refractivity (Wildman–Crippen MR) is 79.8 cm³/mol. The van der Waals surface area contributed by atoms with Gasteiger partial charge in [0.05, 0.1) is 11.5 Å². The van der Waals surface area contributed by atoms with E-state index in [1.54, 1.807) is 0 Å². The molecule has 1 amide bonds. The van der Waals surface area contributed by atoms with Crippen molar-refractivity contribution in [3.05, 3.63) is 34.9 Å². The summed E-state index contributed by atoms with van der Waals surface area (Å²) >= 11 is 0. The Morgan fingerprint density at radius 1 is 1.35 bits per heavy atom. The van der Waals surface area contributed by atoms with Crippen LogP contribution in [0.3, 0.4) is 0 Å². The molecule has 0 aliphatic carbocycles. The van der Waals surface area contributed by atoms with Crippen LogP contribution in [-0.4, -0.2) is 31.9 Å². The summed E-state index contributed by atoms with van der Waals surface area (Å²) in [6, 6.07) is 5.61. The molecular weight excluding hydrogens is 274 g/mol. The van der Waals surface area contributed by atoms with Crippen LogP contribution in [0, 0.1) is 6.92 Å². The van der Waals surface area contributed by atoms with E-state index in [1.165, 1.54) is 0 Å². The van der Waals surface area contributed by atoms with E-state index in [2.05, 4.69) is 19.2 Å². The highest BCUT2D eigenvalue weighted by Crippen LogP contribution is 2.19. The Kier molecular flexibility index (Phi) is 4.18. The highest BCUT2D eigenvalue weighted by Gasteiger charge is 2.29. The zero-order chi connectivity index (χ0) is 14.9. The third kappa shape index (κ3) is 3.39. The van der Waals surface area contributed by atoms with Crippen molar-refractivity contribution < 1.29 is 13.2 Å². The molecule has 1 atom stereocenters. The molecule has 1 aliphatic heterocycles. The van der Waals surface area contributed by atoms with Gasteiger partial charge in [0.2, 0.25) is 0 Å². The Labute approximate surface area is 120 Å². The first kappa shape index (κ1) is 15.0. The highest BCUT2D eigenvalue weighted by molar-refractivity contribution is 7.91. The zero-order valence-electron chi connectivity index (χ0n) is 12.1. The summed E-state index contributed by atoms with van der Waals surface area (Å²) in [6.07, 6.45) is 0.511. The number of carbonyl (C=O) groups excluding carboxylic acids is 1. The Bertz CT molecular complexity index is 620. The van der Waals surface area contributed by atoms with E-state index >= 15 is 0 Å². The van der Waals surface area contributed by atoms with E-state index in [4.69, 9.17) is 0 Å². The average molecular weight is 295 g/mol. The molecule has 1 aromatic carbocycles. The van der Waals surface area contributed by atoms with Crippen LogP contribution in [0.5, 0.6) is 0 Å². The second kappa shape index (κ2) is 5.56. The summed E-state index contributed by atoms with van der Waals surface area (Å²) in [7, 11) is -2.97. The molecular formula is C15H21NO3S. The number of hydrogen-bond donors (Lipinski definition) is 1. The van der Waals surface area contributed by atoms with Gasteiger partial charge in [-0.15, -0.1) is 0 Å². The average Bonchev–Trinajstić information content (AvgIpc) is 2.68. The molecule has 1 aromatic rings. The van der Waals surface area contributed by atoms with Gasteiger partial charge in [-0.25, -0.2) is 8.42 Å². The third-order valence-corrected chi connectivity index (χ3v) is 5.51. The van der Waals surface area contributed by atoms with Gasteiger partial charge in [0.1, 0.15) is 0 Å². The maximum Gasteiger partial charge on any atom is 0.251 e. The van der Waals surface area contributed by atoms with E-state index in [1.807, 2.05) is 25.1 Å². The van der Waals surface area contributed by atoms with Crippen molar-refractivity contribution in [2.45, 2.75) is 39.2 Å². The van der Waals surface area contributed by atoms with E-state index < -0.39 is 9.84 Å². The van der Waals surface area contributed by atoms with Crippen LogP contribution in [0.2, 0.25) is 0 Å². The standard InChI is InChI=1S/C15H21NO3S/c1-10(2)12-5-4-11(3)14(8-12)15(17)16-13-6-7-20(18,19)9-13/h4-5,8,10,13H,6-7,9H2,1-3H3,(H,16,17). The van der Waals surface area contributed by atoms with Gasteiger partial charge in [-0.05, 0) is 36.5 Å². The van der Waals surface area contributed by atoms with Gasteiger partial charge < -0.3 is 5.32 Å². The lowest BCUT2D eigenvalue weighted by Crippen LogP contribution is -2.36. The van der Waals surface area contributed by atoms with E-state index in [9.17, 15) is 13.2 Å². The minimum Gasteiger partial charge on any atom is -0.348 e. The summed E-state index contributed by atoms with van der Waals surface area (Å²) in [6.45, 7) is 6.05. The number of benzene rings is 1. The predicted octanol–water partition coefficient (Wildman–Crippen LogP) is 2.04. The largest absolute Gasteiger partial charge is 0.348 e. The Morgan fingerprint density at radius 2 is 2.05 bits per heavy atom. The van der Waals surface area contributed by atoms with E-state index in [-0.39, 0.29) is 23.5 Å². The molecule has 1 saturated heterocycles. The molecule has 0 bridgehead atoms. The molecule has 1 aliphatic rings. The second-order valence-corrected chi connectivity index (χ2v) is 8.03. The number of sulfone groups is 1. The molecule has 5 heteroatoms. The first-order chi connectivity index (χ1) is 9.28. The maximum absolute atomic E-state index is 12.3. The molecule has 0 spiro atoms. The van der Waals surface area contributed by atoms with Gasteiger partial charge in [0.25, 0.3) is 5.91 Å². The Hall–Kier alpha value is -1.36. The SMILES string of the molecule is Cc1ccc(C(C)C)cc1C(=O)NC1CCS(=O)(=O)C1. The van der Waals surface area contributed by atoms with Crippen LogP contribution in [0.15, 0.2) is 18.2 Å². The molecule has 1 unspecified atom stereocenters. The molecule has 0 aromatic heterocycles. The van der Waals surface area contributed by atoms with Crippen LogP contribution < -0.4 is 5.32 Å². The quantitative estimate of drug-likeness (QED) is 0.928. The van der Waals surface area contributed by atoms with Crippen molar-refractivity contribution in [1.29, 1.82) is 0 Å². The molecule has 20 heavy (non-hydrogen) atoms.